The Hall–Kier alpha value is -3.72. The van der Waals surface area contributed by atoms with Crippen molar-refractivity contribution < 1.29 is 9.47 Å². The van der Waals surface area contributed by atoms with Crippen LogP contribution in [0.4, 0.5) is 0 Å². The molecule has 0 bridgehead atoms. The molecule has 0 atom stereocenters. The molecule has 1 aliphatic heterocycles. The first-order valence-electron chi connectivity index (χ1n) is 10.9. The Balaban J connectivity index is 1.54. The summed E-state index contributed by atoms with van der Waals surface area (Å²) >= 11 is 0. The van der Waals surface area contributed by atoms with Crippen LogP contribution in [0.25, 0.3) is 34.4 Å². The smallest absolute Gasteiger partial charge is 0.207 e. The average molecular weight is 416 g/mol. The minimum Gasteiger partial charge on any atom is -0.497 e. The topological polar surface area (TPSA) is 18.5 Å². The van der Waals surface area contributed by atoms with Gasteiger partial charge in [0.15, 0.2) is 0 Å². The van der Waals surface area contributed by atoms with E-state index in [4.69, 9.17) is 9.47 Å². The quantitative estimate of drug-likeness (QED) is 0.394. The lowest BCUT2D eigenvalue weighted by molar-refractivity contribution is 0.415. The number of fused-ring (bicyclic) bond motifs is 2. The van der Waals surface area contributed by atoms with Gasteiger partial charge in [0, 0.05) is 0 Å². The maximum atomic E-state index is 5.41. The highest BCUT2D eigenvalue weighted by Gasteiger charge is 2.21. The van der Waals surface area contributed by atoms with Crippen LogP contribution < -0.4 is 20.4 Å². The molecule has 4 aromatic rings. The molecule has 0 aliphatic carbocycles. The lowest BCUT2D eigenvalue weighted by Crippen LogP contribution is -2.41. The summed E-state index contributed by atoms with van der Waals surface area (Å²) in [4.78, 5) is 0. The van der Waals surface area contributed by atoms with Gasteiger partial charge in [-0.1, -0.05) is 78.4 Å². The van der Waals surface area contributed by atoms with Crippen molar-refractivity contribution in [1.82, 2.24) is 0 Å². The highest BCUT2D eigenvalue weighted by atomic mass is 16.5. The van der Waals surface area contributed by atoms with E-state index in [0.29, 0.717) is 6.71 Å². The second kappa shape index (κ2) is 8.43. The minimum atomic E-state index is 0.314. The molecular weight excluding hydrogens is 391 g/mol. The van der Waals surface area contributed by atoms with Crippen molar-refractivity contribution in [3.8, 4) is 33.8 Å². The second-order valence-electron chi connectivity index (χ2n) is 8.21. The number of rotatable bonds is 4. The third-order valence-corrected chi connectivity index (χ3v) is 6.36. The molecule has 0 radical (unpaired) electrons. The molecule has 4 aromatic carbocycles. The zero-order chi connectivity index (χ0) is 22.1. The molecule has 0 saturated heterocycles. The van der Waals surface area contributed by atoms with Gasteiger partial charge in [0.1, 0.15) is 11.5 Å². The van der Waals surface area contributed by atoms with Crippen LogP contribution in [0.5, 0.6) is 11.5 Å². The molecular formula is C29H25BO2. The third kappa shape index (κ3) is 3.71. The van der Waals surface area contributed by atoms with E-state index >= 15 is 0 Å². The Bertz CT molecular complexity index is 1220. The molecule has 0 aromatic heterocycles. The van der Waals surface area contributed by atoms with Crippen molar-refractivity contribution in [3.05, 3.63) is 96.1 Å². The van der Waals surface area contributed by atoms with Crippen molar-refractivity contribution in [1.29, 1.82) is 0 Å². The number of ether oxygens (including phenoxy) is 2. The summed E-state index contributed by atoms with van der Waals surface area (Å²) in [5.41, 5.74) is 9.94. The van der Waals surface area contributed by atoms with Gasteiger partial charge < -0.3 is 9.47 Å². The Kier molecular flexibility index (Phi) is 5.32. The summed E-state index contributed by atoms with van der Waals surface area (Å²) in [6.07, 6.45) is 4.49. The fourth-order valence-electron chi connectivity index (χ4n) is 4.54. The highest BCUT2D eigenvalue weighted by molar-refractivity contribution is 6.85. The van der Waals surface area contributed by atoms with Gasteiger partial charge in [-0.3, -0.25) is 0 Å². The zero-order valence-electron chi connectivity index (χ0n) is 18.6. The largest absolute Gasteiger partial charge is 0.497 e. The van der Waals surface area contributed by atoms with E-state index in [2.05, 4.69) is 79.6 Å². The Morgan fingerprint density at radius 2 is 0.969 bits per heavy atom. The summed E-state index contributed by atoms with van der Waals surface area (Å²) < 4.78 is 10.8. The fourth-order valence-corrected chi connectivity index (χ4v) is 4.54. The van der Waals surface area contributed by atoms with E-state index < -0.39 is 0 Å². The molecule has 0 spiro atoms. The van der Waals surface area contributed by atoms with Crippen molar-refractivity contribution in [2.75, 3.05) is 14.2 Å². The van der Waals surface area contributed by atoms with E-state index in [0.717, 1.165) is 22.6 Å². The number of methoxy groups -OCH3 is 2. The maximum absolute atomic E-state index is 5.41. The Morgan fingerprint density at radius 1 is 0.531 bits per heavy atom. The first-order chi connectivity index (χ1) is 15.7. The van der Waals surface area contributed by atoms with Crippen LogP contribution in [-0.4, -0.2) is 20.9 Å². The van der Waals surface area contributed by atoms with E-state index in [-0.39, 0.29) is 0 Å². The molecule has 0 N–H and O–H groups in total. The van der Waals surface area contributed by atoms with Gasteiger partial charge in [-0.25, -0.2) is 0 Å². The Morgan fingerprint density at radius 3 is 1.41 bits per heavy atom. The predicted octanol–water partition coefficient (Wildman–Crippen LogP) is 5.76. The van der Waals surface area contributed by atoms with Crippen LogP contribution in [0, 0.1) is 0 Å². The predicted molar refractivity (Wildman–Crippen MR) is 137 cm³/mol. The third-order valence-electron chi connectivity index (χ3n) is 6.36. The lowest BCUT2D eigenvalue weighted by atomic mass is 9.41. The molecule has 32 heavy (non-hydrogen) atoms. The van der Waals surface area contributed by atoms with Crippen LogP contribution in [0.15, 0.2) is 84.9 Å². The van der Waals surface area contributed by atoms with Crippen LogP contribution >= 0.6 is 0 Å². The molecule has 0 amide bonds. The molecule has 156 valence electrons. The zero-order valence-corrected chi connectivity index (χ0v) is 18.6. The lowest BCUT2D eigenvalue weighted by Gasteiger charge is -2.15. The van der Waals surface area contributed by atoms with Crippen molar-refractivity contribution in [2.45, 2.75) is 6.82 Å². The van der Waals surface area contributed by atoms with Gasteiger partial charge in [0.05, 0.1) is 14.2 Å². The van der Waals surface area contributed by atoms with Crippen LogP contribution in [0.2, 0.25) is 6.82 Å². The number of benzene rings is 4. The van der Waals surface area contributed by atoms with Gasteiger partial charge in [-0.05, 0) is 69.8 Å². The van der Waals surface area contributed by atoms with Crippen LogP contribution in [0.1, 0.15) is 11.1 Å². The molecule has 1 aliphatic rings. The van der Waals surface area contributed by atoms with Crippen LogP contribution in [0.3, 0.4) is 0 Å². The van der Waals surface area contributed by atoms with Crippen LogP contribution in [-0.2, 0) is 0 Å². The molecule has 3 heteroatoms. The highest BCUT2D eigenvalue weighted by Crippen LogP contribution is 2.28. The summed E-state index contributed by atoms with van der Waals surface area (Å²) in [5.74, 6) is 1.75. The van der Waals surface area contributed by atoms with E-state index in [1.807, 2.05) is 24.3 Å². The molecule has 0 saturated carbocycles. The van der Waals surface area contributed by atoms with Crippen molar-refractivity contribution >= 4 is 29.8 Å². The monoisotopic (exact) mass is 416 g/mol. The van der Waals surface area contributed by atoms with E-state index in [9.17, 15) is 0 Å². The number of hydrogen-bond acceptors (Lipinski definition) is 2. The second-order valence-corrected chi connectivity index (χ2v) is 8.21. The molecule has 2 nitrogen and oxygen atoms in total. The summed E-state index contributed by atoms with van der Waals surface area (Å²) in [5, 5.41) is 0. The average Bonchev–Trinajstić information content (AvgIpc) is 3.00. The van der Waals surface area contributed by atoms with Gasteiger partial charge in [-0.15, -0.1) is 0 Å². The molecule has 5 rings (SSSR count). The fraction of sp³-hybridized carbons (Fsp3) is 0.103. The number of hydrogen-bond donors (Lipinski definition) is 0. The Labute approximate surface area is 190 Å². The van der Waals surface area contributed by atoms with Crippen molar-refractivity contribution in [3.63, 3.8) is 0 Å². The minimum absolute atomic E-state index is 0.314. The SMILES string of the molecule is COc1cccc(-c2ccc3c(c2)C=Cc2cc(-c4cccc(OC)c4)ccc2B3C)c1. The first-order valence-corrected chi connectivity index (χ1v) is 10.9. The van der Waals surface area contributed by atoms with E-state index in [1.54, 1.807) is 14.2 Å². The van der Waals surface area contributed by atoms with Crippen molar-refractivity contribution in [2.24, 2.45) is 0 Å². The molecule has 0 fully saturated rings. The van der Waals surface area contributed by atoms with Gasteiger partial charge in [0.25, 0.3) is 0 Å². The van der Waals surface area contributed by atoms with Gasteiger partial charge in [-0.2, -0.15) is 0 Å². The maximum Gasteiger partial charge on any atom is 0.207 e. The summed E-state index contributed by atoms with van der Waals surface area (Å²) in [6.45, 7) is 2.61. The van der Waals surface area contributed by atoms with Gasteiger partial charge >= 0.3 is 0 Å². The normalized spacial score (nSPS) is 12.0. The standard InChI is InChI=1S/C29H25BO2/c1-30-28-14-12-22(20-6-4-8-26(18-20)31-2)16-24(28)10-11-25-17-23(13-15-29(25)30)21-7-5-9-27(19-21)32-3/h4-19H,1-3H3. The summed E-state index contributed by atoms with van der Waals surface area (Å²) in [7, 11) is 3.41. The molecule has 1 heterocycles. The first kappa shape index (κ1) is 20.2. The van der Waals surface area contributed by atoms with Gasteiger partial charge in [0.2, 0.25) is 6.71 Å². The van der Waals surface area contributed by atoms with E-state index in [1.165, 1.54) is 33.2 Å². The molecule has 0 unspecified atom stereocenters. The summed E-state index contributed by atoms with van der Waals surface area (Å²) in [6, 6.07) is 30.0.